The zero-order chi connectivity index (χ0) is 5.98. The molecule has 8 heavy (non-hydrogen) atoms. The monoisotopic (exact) mass is 127 g/mol. The summed E-state index contributed by atoms with van der Waals surface area (Å²) in [5.41, 5.74) is 0. The van der Waals surface area contributed by atoms with E-state index >= 15 is 0 Å². The van der Waals surface area contributed by atoms with Gasteiger partial charge in [0, 0.05) is 10.3 Å². The zero-order valence-corrected chi connectivity index (χ0v) is 5.40. The van der Waals surface area contributed by atoms with Crippen molar-refractivity contribution in [3.8, 4) is 0 Å². The average Bonchev–Trinajstić information content (AvgIpc) is 2.12. The smallest absolute Gasteiger partial charge is 0.0854 e. The molecule has 1 unspecified atom stereocenters. The Morgan fingerprint density at radius 2 is 2.62 bits per heavy atom. The van der Waals surface area contributed by atoms with E-state index < -0.39 is 0 Å². The molecule has 1 aromatic heterocycles. The Morgan fingerprint density at radius 3 is 2.88 bits per heavy atom. The van der Waals surface area contributed by atoms with E-state index in [1.54, 1.807) is 6.92 Å². The van der Waals surface area contributed by atoms with Crippen LogP contribution in [-0.2, 0) is 0 Å². The molecule has 1 rings (SSSR count). The molecule has 0 aromatic carbocycles. The molecule has 0 aliphatic carbocycles. The predicted molar refractivity (Wildman–Crippen MR) is 33.8 cm³/mol. The Morgan fingerprint density at radius 1 is 1.88 bits per heavy atom. The molecule has 0 spiro atoms. The van der Waals surface area contributed by atoms with Crippen molar-refractivity contribution < 1.29 is 5.11 Å². The van der Waals surface area contributed by atoms with E-state index in [0.29, 0.717) is 0 Å². The molecule has 0 saturated carbocycles. The summed E-state index contributed by atoms with van der Waals surface area (Å²) in [6, 6.07) is 3.68. The lowest BCUT2D eigenvalue weighted by Gasteiger charge is -1.95. The number of rotatable bonds is 1. The maximum atomic E-state index is 8.90. The van der Waals surface area contributed by atoms with Crippen LogP contribution in [0, 0.1) is 5.38 Å². The molecule has 1 heterocycles. The van der Waals surface area contributed by atoms with Gasteiger partial charge >= 0.3 is 0 Å². The minimum Gasteiger partial charge on any atom is -0.388 e. The van der Waals surface area contributed by atoms with Crippen LogP contribution in [0.3, 0.4) is 0 Å². The lowest BCUT2D eigenvalue weighted by Crippen LogP contribution is -1.82. The van der Waals surface area contributed by atoms with Crippen molar-refractivity contribution in [1.29, 1.82) is 0 Å². The highest BCUT2D eigenvalue weighted by atomic mass is 32.1. The largest absolute Gasteiger partial charge is 0.388 e. The summed E-state index contributed by atoms with van der Waals surface area (Å²) in [4.78, 5) is 0.977. The van der Waals surface area contributed by atoms with Gasteiger partial charge in [-0.2, -0.15) is 0 Å². The summed E-state index contributed by atoms with van der Waals surface area (Å²) in [5, 5.41) is 11.8. The Labute approximate surface area is 52.6 Å². The van der Waals surface area contributed by atoms with Crippen LogP contribution in [0.2, 0.25) is 0 Å². The fraction of sp³-hybridized carbons (Fsp3) is 0.333. The third-order valence-corrected chi connectivity index (χ3v) is 1.87. The summed E-state index contributed by atoms with van der Waals surface area (Å²) >= 11 is 1.46. The van der Waals surface area contributed by atoms with E-state index in [-0.39, 0.29) is 6.10 Å². The Bertz CT molecular complexity index is 144. The highest BCUT2D eigenvalue weighted by Crippen LogP contribution is 2.16. The van der Waals surface area contributed by atoms with Crippen LogP contribution in [-0.4, -0.2) is 5.11 Å². The van der Waals surface area contributed by atoms with Crippen LogP contribution in [0.4, 0.5) is 0 Å². The van der Waals surface area contributed by atoms with Gasteiger partial charge in [-0.3, -0.25) is 0 Å². The normalized spacial score (nSPS) is 13.8. The fourth-order valence-corrected chi connectivity index (χ4v) is 1.06. The van der Waals surface area contributed by atoms with E-state index in [1.807, 2.05) is 12.1 Å². The maximum absolute atomic E-state index is 8.90. The van der Waals surface area contributed by atoms with E-state index in [4.69, 9.17) is 5.11 Å². The van der Waals surface area contributed by atoms with Gasteiger partial charge in [-0.1, -0.05) is 0 Å². The van der Waals surface area contributed by atoms with Gasteiger partial charge in [-0.05, 0) is 19.1 Å². The molecule has 1 nitrogen and oxygen atoms in total. The third-order valence-electron chi connectivity index (χ3n) is 0.904. The number of thiophene rings is 1. The highest BCUT2D eigenvalue weighted by molar-refractivity contribution is 7.09. The Kier molecular flexibility index (Phi) is 1.65. The van der Waals surface area contributed by atoms with Crippen molar-refractivity contribution in [2.45, 2.75) is 13.0 Å². The van der Waals surface area contributed by atoms with Gasteiger partial charge in [0.2, 0.25) is 0 Å². The van der Waals surface area contributed by atoms with Gasteiger partial charge < -0.3 is 5.11 Å². The van der Waals surface area contributed by atoms with Crippen LogP contribution in [0.1, 0.15) is 17.9 Å². The first-order chi connectivity index (χ1) is 3.80. The van der Waals surface area contributed by atoms with E-state index in [9.17, 15) is 0 Å². The van der Waals surface area contributed by atoms with Crippen molar-refractivity contribution in [1.82, 2.24) is 0 Å². The standard InChI is InChI=1S/C6H7OS/c1-5(7)6-3-2-4-8-6/h2-3,5,7H,1H3. The second kappa shape index (κ2) is 2.29. The number of hydrogen-bond acceptors (Lipinski definition) is 2. The first-order valence-corrected chi connectivity index (χ1v) is 3.26. The second-order valence-corrected chi connectivity index (χ2v) is 2.54. The van der Waals surface area contributed by atoms with Gasteiger partial charge in [-0.25, -0.2) is 0 Å². The number of aliphatic hydroxyl groups is 1. The van der Waals surface area contributed by atoms with E-state index in [1.165, 1.54) is 11.3 Å². The minimum atomic E-state index is -0.328. The average molecular weight is 127 g/mol. The SMILES string of the molecule is CC(O)c1cc[c]s1. The topological polar surface area (TPSA) is 20.2 Å². The van der Waals surface area contributed by atoms with Crippen LogP contribution in [0.25, 0.3) is 0 Å². The fourth-order valence-electron chi connectivity index (χ4n) is 0.477. The van der Waals surface area contributed by atoms with Gasteiger partial charge in [0.1, 0.15) is 0 Å². The van der Waals surface area contributed by atoms with Crippen molar-refractivity contribution >= 4 is 11.3 Å². The Balaban J connectivity index is 2.77. The quantitative estimate of drug-likeness (QED) is 0.607. The lowest BCUT2D eigenvalue weighted by molar-refractivity contribution is 0.203. The number of aliphatic hydroxyl groups excluding tert-OH is 1. The molecule has 0 fully saturated rings. The molecular weight excluding hydrogens is 120 g/mol. The highest BCUT2D eigenvalue weighted by Gasteiger charge is 1.97. The molecule has 0 aliphatic rings. The molecular formula is C6H7OS. The summed E-state index contributed by atoms with van der Waals surface area (Å²) in [6.45, 7) is 1.75. The molecule has 1 atom stereocenters. The Hall–Kier alpha value is -0.340. The van der Waals surface area contributed by atoms with Crippen molar-refractivity contribution in [2.24, 2.45) is 0 Å². The third kappa shape index (κ3) is 1.08. The van der Waals surface area contributed by atoms with Crippen molar-refractivity contribution in [2.75, 3.05) is 0 Å². The summed E-state index contributed by atoms with van der Waals surface area (Å²) in [5.74, 6) is 0. The summed E-state index contributed by atoms with van der Waals surface area (Å²) < 4.78 is 0. The van der Waals surface area contributed by atoms with Gasteiger partial charge in [0.25, 0.3) is 0 Å². The number of hydrogen-bond donors (Lipinski definition) is 1. The van der Waals surface area contributed by atoms with Gasteiger partial charge in [-0.15, -0.1) is 11.3 Å². The molecule has 1 N–H and O–H groups in total. The molecule has 1 radical (unpaired) electrons. The first kappa shape index (κ1) is 5.79. The van der Waals surface area contributed by atoms with Crippen molar-refractivity contribution in [3.05, 3.63) is 22.4 Å². The molecule has 0 saturated heterocycles. The van der Waals surface area contributed by atoms with E-state index in [2.05, 4.69) is 5.38 Å². The summed E-state index contributed by atoms with van der Waals surface area (Å²) in [6.07, 6.45) is -0.328. The predicted octanol–water partition coefficient (Wildman–Crippen LogP) is 1.60. The molecule has 2 heteroatoms. The molecule has 0 bridgehead atoms. The van der Waals surface area contributed by atoms with Gasteiger partial charge in [0.05, 0.1) is 6.10 Å². The first-order valence-electron chi connectivity index (χ1n) is 2.44. The van der Waals surface area contributed by atoms with Crippen LogP contribution >= 0.6 is 11.3 Å². The summed E-state index contributed by atoms with van der Waals surface area (Å²) in [7, 11) is 0. The molecule has 0 amide bonds. The molecule has 43 valence electrons. The minimum absolute atomic E-state index is 0.328. The lowest BCUT2D eigenvalue weighted by atomic mass is 10.3. The molecule has 0 aliphatic heterocycles. The van der Waals surface area contributed by atoms with Crippen LogP contribution in [0.15, 0.2) is 12.1 Å². The van der Waals surface area contributed by atoms with Crippen molar-refractivity contribution in [3.63, 3.8) is 0 Å². The van der Waals surface area contributed by atoms with Crippen LogP contribution in [0.5, 0.6) is 0 Å². The van der Waals surface area contributed by atoms with E-state index in [0.717, 1.165) is 4.88 Å². The maximum Gasteiger partial charge on any atom is 0.0854 e. The van der Waals surface area contributed by atoms with Gasteiger partial charge in [0.15, 0.2) is 0 Å². The molecule has 1 aromatic rings. The van der Waals surface area contributed by atoms with Crippen LogP contribution < -0.4 is 0 Å². The second-order valence-electron chi connectivity index (χ2n) is 1.63. The zero-order valence-electron chi connectivity index (χ0n) is 4.59.